The lowest BCUT2D eigenvalue weighted by Crippen LogP contribution is -2.41. The maximum absolute atomic E-state index is 4.00. The normalized spacial score (nSPS) is 40.2. The summed E-state index contributed by atoms with van der Waals surface area (Å²) in [5.74, 6) is 0. The molecule has 1 saturated carbocycles. The van der Waals surface area contributed by atoms with E-state index < -0.39 is 0 Å². The van der Waals surface area contributed by atoms with Gasteiger partial charge < -0.3 is 4.90 Å². The van der Waals surface area contributed by atoms with Crippen molar-refractivity contribution >= 4 is 0 Å². The fourth-order valence-electron chi connectivity index (χ4n) is 4.11. The van der Waals surface area contributed by atoms with Crippen LogP contribution in [0, 0.1) is 10.8 Å². The van der Waals surface area contributed by atoms with E-state index in [1.807, 2.05) is 6.20 Å². The molecule has 1 heteroatoms. The number of hydrogen-bond acceptors (Lipinski definition) is 1. The topological polar surface area (TPSA) is 3.24 Å². The molecule has 0 amide bonds. The second-order valence-electron chi connectivity index (χ2n) is 6.85. The number of allylic oxidation sites excluding steroid dienone is 4. The van der Waals surface area contributed by atoms with E-state index in [9.17, 15) is 0 Å². The molecule has 0 aromatic carbocycles. The van der Waals surface area contributed by atoms with Crippen LogP contribution < -0.4 is 0 Å². The maximum atomic E-state index is 4.00. The van der Waals surface area contributed by atoms with Gasteiger partial charge in [-0.2, -0.15) is 0 Å². The molecule has 3 unspecified atom stereocenters. The average Bonchev–Trinajstić information content (AvgIpc) is 3.05. The third kappa shape index (κ3) is 1.98. The molecule has 19 heavy (non-hydrogen) atoms. The van der Waals surface area contributed by atoms with E-state index in [4.69, 9.17) is 0 Å². The molecule has 0 saturated heterocycles. The van der Waals surface area contributed by atoms with Gasteiger partial charge in [0.25, 0.3) is 0 Å². The molecule has 0 bridgehead atoms. The van der Waals surface area contributed by atoms with Gasteiger partial charge in [-0.3, -0.25) is 0 Å². The van der Waals surface area contributed by atoms with E-state index in [0.717, 1.165) is 0 Å². The van der Waals surface area contributed by atoms with Crippen LogP contribution in [0.4, 0.5) is 0 Å². The molecular formula is C18H29N. The zero-order chi connectivity index (χ0) is 14.1. The molecule has 0 radical (unpaired) electrons. The van der Waals surface area contributed by atoms with Gasteiger partial charge in [0.05, 0.1) is 0 Å². The SMILES string of the molecule is C=CN(C)C1(CCCC)CC1(C)C1(C)C=CC=CC1. The summed E-state index contributed by atoms with van der Waals surface area (Å²) in [4.78, 5) is 2.39. The van der Waals surface area contributed by atoms with Gasteiger partial charge in [0, 0.05) is 18.0 Å². The van der Waals surface area contributed by atoms with E-state index in [1.54, 1.807) is 0 Å². The minimum atomic E-state index is 0.284. The third-order valence-corrected chi connectivity index (χ3v) is 5.95. The first kappa shape index (κ1) is 14.4. The van der Waals surface area contributed by atoms with Gasteiger partial charge >= 0.3 is 0 Å². The van der Waals surface area contributed by atoms with Crippen molar-refractivity contribution in [2.24, 2.45) is 10.8 Å². The van der Waals surface area contributed by atoms with Crippen molar-refractivity contribution in [3.05, 3.63) is 37.1 Å². The molecule has 0 aromatic heterocycles. The maximum Gasteiger partial charge on any atom is 0.0462 e. The van der Waals surface area contributed by atoms with Crippen molar-refractivity contribution < 1.29 is 0 Å². The van der Waals surface area contributed by atoms with Crippen LogP contribution in [0.1, 0.15) is 52.9 Å². The standard InChI is InChI=1S/C18H29N/c1-6-8-14-18(19(5)7-2)15-17(18,4)16(3)12-10-9-11-13-16/h7,9-12H,2,6,8,13-15H2,1,3-5H3. The van der Waals surface area contributed by atoms with Gasteiger partial charge in [-0.1, -0.05) is 64.5 Å². The predicted molar refractivity (Wildman–Crippen MR) is 83.9 cm³/mol. The van der Waals surface area contributed by atoms with Crippen LogP contribution in [0.2, 0.25) is 0 Å². The van der Waals surface area contributed by atoms with Gasteiger partial charge in [-0.05, 0) is 30.9 Å². The first-order valence-electron chi connectivity index (χ1n) is 7.66. The van der Waals surface area contributed by atoms with Gasteiger partial charge in [0.2, 0.25) is 0 Å². The summed E-state index contributed by atoms with van der Waals surface area (Å²) >= 11 is 0. The Balaban J connectivity index is 2.27. The molecule has 0 heterocycles. The van der Waals surface area contributed by atoms with Crippen LogP contribution in [0.5, 0.6) is 0 Å². The Morgan fingerprint density at radius 1 is 1.32 bits per heavy atom. The van der Waals surface area contributed by atoms with Crippen LogP contribution in [0.25, 0.3) is 0 Å². The predicted octanol–water partition coefficient (Wildman–Crippen LogP) is 4.92. The minimum Gasteiger partial charge on any atom is -0.375 e. The van der Waals surface area contributed by atoms with E-state index in [2.05, 4.69) is 63.6 Å². The zero-order valence-corrected chi connectivity index (χ0v) is 13.1. The van der Waals surface area contributed by atoms with Crippen LogP contribution in [-0.4, -0.2) is 17.5 Å². The van der Waals surface area contributed by atoms with Crippen molar-refractivity contribution in [2.45, 2.75) is 58.4 Å². The highest BCUT2D eigenvalue weighted by Gasteiger charge is 2.71. The second-order valence-corrected chi connectivity index (χ2v) is 6.85. The first-order valence-corrected chi connectivity index (χ1v) is 7.66. The number of unbranched alkanes of at least 4 members (excludes halogenated alkanes) is 1. The Kier molecular flexibility index (Phi) is 3.68. The van der Waals surface area contributed by atoms with Crippen LogP contribution >= 0.6 is 0 Å². The fraction of sp³-hybridized carbons (Fsp3) is 0.667. The molecular weight excluding hydrogens is 230 g/mol. The second kappa shape index (κ2) is 4.85. The number of hydrogen-bond donors (Lipinski definition) is 0. The van der Waals surface area contributed by atoms with Crippen LogP contribution in [-0.2, 0) is 0 Å². The van der Waals surface area contributed by atoms with Crippen LogP contribution in [0.15, 0.2) is 37.1 Å². The lowest BCUT2D eigenvalue weighted by atomic mass is 9.68. The van der Waals surface area contributed by atoms with E-state index >= 15 is 0 Å². The number of rotatable bonds is 6. The molecule has 2 aliphatic rings. The summed E-state index contributed by atoms with van der Waals surface area (Å²) in [6, 6.07) is 0. The van der Waals surface area contributed by atoms with E-state index in [1.165, 1.54) is 32.1 Å². The van der Waals surface area contributed by atoms with E-state index in [0.29, 0.717) is 11.0 Å². The Labute approximate surface area is 119 Å². The minimum absolute atomic E-state index is 0.284. The monoisotopic (exact) mass is 259 g/mol. The summed E-state index contributed by atoms with van der Waals surface area (Å²) in [5.41, 5.74) is 0.959. The molecule has 1 nitrogen and oxygen atoms in total. The van der Waals surface area contributed by atoms with Crippen LogP contribution in [0.3, 0.4) is 0 Å². The highest BCUT2D eigenvalue weighted by Crippen LogP contribution is 2.71. The van der Waals surface area contributed by atoms with Crippen molar-refractivity contribution in [3.8, 4) is 0 Å². The van der Waals surface area contributed by atoms with Gasteiger partial charge in [0.1, 0.15) is 0 Å². The van der Waals surface area contributed by atoms with Crippen molar-refractivity contribution in [1.29, 1.82) is 0 Å². The third-order valence-electron chi connectivity index (χ3n) is 5.95. The fourth-order valence-corrected chi connectivity index (χ4v) is 4.11. The number of nitrogens with zero attached hydrogens (tertiary/aromatic N) is 1. The lowest BCUT2D eigenvalue weighted by molar-refractivity contribution is 0.136. The summed E-state index contributed by atoms with van der Waals surface area (Å²) in [5, 5.41) is 0. The van der Waals surface area contributed by atoms with Gasteiger partial charge in [-0.25, -0.2) is 0 Å². The molecule has 0 aliphatic heterocycles. The van der Waals surface area contributed by atoms with Crippen molar-refractivity contribution in [2.75, 3.05) is 7.05 Å². The Morgan fingerprint density at radius 2 is 2.05 bits per heavy atom. The average molecular weight is 259 g/mol. The van der Waals surface area contributed by atoms with Gasteiger partial charge in [0.15, 0.2) is 0 Å². The summed E-state index contributed by atoms with van der Waals surface area (Å²) in [6.45, 7) is 11.2. The molecule has 1 fully saturated rings. The van der Waals surface area contributed by atoms with E-state index in [-0.39, 0.29) is 5.41 Å². The summed E-state index contributed by atoms with van der Waals surface area (Å²) in [6.07, 6.45) is 17.5. The summed E-state index contributed by atoms with van der Waals surface area (Å²) in [7, 11) is 2.21. The largest absolute Gasteiger partial charge is 0.375 e. The molecule has 2 aliphatic carbocycles. The molecule has 3 atom stereocenters. The molecule has 106 valence electrons. The van der Waals surface area contributed by atoms with Crippen molar-refractivity contribution in [3.63, 3.8) is 0 Å². The molecule has 0 N–H and O–H groups in total. The smallest absolute Gasteiger partial charge is 0.0462 e. The molecule has 0 aromatic rings. The van der Waals surface area contributed by atoms with Crippen molar-refractivity contribution in [1.82, 2.24) is 4.90 Å². The zero-order valence-electron chi connectivity index (χ0n) is 13.1. The quantitative estimate of drug-likeness (QED) is 0.654. The Bertz CT molecular complexity index is 408. The first-order chi connectivity index (χ1) is 8.96. The van der Waals surface area contributed by atoms with Gasteiger partial charge in [-0.15, -0.1) is 0 Å². The highest BCUT2D eigenvalue weighted by atomic mass is 15.2. The molecule has 2 rings (SSSR count). The Hall–Kier alpha value is -0.980. The lowest BCUT2D eigenvalue weighted by Gasteiger charge is -2.41. The Morgan fingerprint density at radius 3 is 2.58 bits per heavy atom. The molecule has 0 spiro atoms. The highest BCUT2D eigenvalue weighted by molar-refractivity contribution is 5.32. The summed E-state index contributed by atoms with van der Waals surface area (Å²) < 4.78 is 0.